The van der Waals surface area contributed by atoms with E-state index in [0.717, 1.165) is 36.8 Å². The van der Waals surface area contributed by atoms with Crippen molar-refractivity contribution in [2.75, 3.05) is 19.8 Å². The van der Waals surface area contributed by atoms with E-state index in [1.165, 1.54) is 19.4 Å². The van der Waals surface area contributed by atoms with E-state index in [2.05, 4.69) is 18.7 Å². The van der Waals surface area contributed by atoms with Crippen molar-refractivity contribution in [3.05, 3.63) is 47.6 Å². The average molecular weight is 923 g/mol. The quantitative estimate of drug-likeness (QED) is 0.0580. The van der Waals surface area contributed by atoms with Crippen molar-refractivity contribution >= 4 is 0 Å². The highest BCUT2D eigenvalue weighted by Crippen LogP contribution is 2.33. The van der Waals surface area contributed by atoms with E-state index in [4.69, 9.17) is 37.9 Å². The molecular weight excluding hydrogens is 848 g/mol. The number of aliphatic hydroxyl groups excluding tert-OH is 12. The summed E-state index contributed by atoms with van der Waals surface area (Å²) in [6, 6.07) is 0. The summed E-state index contributed by atoms with van der Waals surface area (Å²) in [4.78, 5) is 0. The summed E-state index contributed by atoms with van der Waals surface area (Å²) < 4.78 is 45.4. The van der Waals surface area contributed by atoms with Crippen LogP contribution in [0.3, 0.4) is 0 Å². The topological polar surface area (TPSA) is 317 Å². The van der Waals surface area contributed by atoms with Crippen molar-refractivity contribution in [1.82, 2.24) is 0 Å². The maximum atomic E-state index is 11.0. The zero-order valence-electron chi connectivity index (χ0n) is 37.6. The van der Waals surface area contributed by atoms with Crippen LogP contribution in [0.4, 0.5) is 0 Å². The molecule has 4 fully saturated rings. The first-order chi connectivity index (χ1) is 30.1. The molecule has 4 heterocycles. The van der Waals surface area contributed by atoms with Gasteiger partial charge in [-0.3, -0.25) is 0 Å². The van der Waals surface area contributed by atoms with E-state index < -0.39 is 135 Å². The maximum absolute atomic E-state index is 11.0. The molecule has 4 rings (SSSR count). The molecule has 0 bridgehead atoms. The Labute approximate surface area is 374 Å². The lowest BCUT2D eigenvalue weighted by Gasteiger charge is -2.47. The van der Waals surface area contributed by atoms with Crippen LogP contribution in [0.2, 0.25) is 0 Å². The van der Waals surface area contributed by atoms with E-state index in [1.54, 1.807) is 13.0 Å². The zero-order valence-corrected chi connectivity index (χ0v) is 37.6. The fourth-order valence-corrected chi connectivity index (χ4v) is 7.78. The number of hydrogen-bond acceptors (Lipinski definition) is 20. The molecule has 0 radical (unpaired) electrons. The molecule has 20 nitrogen and oxygen atoms in total. The first-order valence-electron chi connectivity index (χ1n) is 22.0. The number of aliphatic hydroxyl groups is 12. The molecule has 370 valence electrons. The van der Waals surface area contributed by atoms with Gasteiger partial charge in [-0.1, -0.05) is 41.0 Å². The number of hydrogen-bond donors (Lipinski definition) is 12. The van der Waals surface area contributed by atoms with Gasteiger partial charge in [-0.25, -0.2) is 0 Å². The lowest BCUT2D eigenvalue weighted by molar-refractivity contribution is -0.363. The third-order valence-electron chi connectivity index (χ3n) is 12.3. The van der Waals surface area contributed by atoms with Gasteiger partial charge in [0.1, 0.15) is 85.5 Å². The van der Waals surface area contributed by atoms with Crippen molar-refractivity contribution in [2.24, 2.45) is 0 Å². The van der Waals surface area contributed by atoms with Gasteiger partial charge >= 0.3 is 0 Å². The van der Waals surface area contributed by atoms with Crippen LogP contribution in [0.1, 0.15) is 80.1 Å². The second kappa shape index (κ2) is 25.0. The number of ether oxygens (including phenoxy) is 8. The smallest absolute Gasteiger partial charge is 0.187 e. The van der Waals surface area contributed by atoms with Gasteiger partial charge in [0.05, 0.1) is 37.6 Å². The van der Waals surface area contributed by atoms with Gasteiger partial charge in [0.25, 0.3) is 0 Å². The third kappa shape index (κ3) is 14.3. The normalized spacial score (nSPS) is 42.6. The van der Waals surface area contributed by atoms with Crippen molar-refractivity contribution in [2.45, 2.75) is 208 Å². The van der Waals surface area contributed by atoms with Gasteiger partial charge in [-0.2, -0.15) is 0 Å². The molecule has 0 aromatic carbocycles. The molecule has 0 spiro atoms. The van der Waals surface area contributed by atoms with Gasteiger partial charge in [0.2, 0.25) is 0 Å². The van der Waals surface area contributed by atoms with Crippen LogP contribution in [-0.4, -0.2) is 210 Å². The molecule has 12 N–H and O–H groups in total. The van der Waals surface area contributed by atoms with Crippen molar-refractivity contribution in [3.63, 3.8) is 0 Å². The van der Waals surface area contributed by atoms with Crippen molar-refractivity contribution in [3.8, 4) is 0 Å². The Balaban J connectivity index is 1.17. The molecule has 0 aliphatic carbocycles. The van der Waals surface area contributed by atoms with Gasteiger partial charge in [-0.05, 0) is 80.1 Å². The Morgan fingerprint density at radius 2 is 1.02 bits per heavy atom. The summed E-state index contributed by atoms with van der Waals surface area (Å²) in [7, 11) is 0. The SMILES string of the molecule is C=CC(C)(CCC=C(C)CCC=C(C)CCC=C(C)COC1OC(COC2OC(C)C(O)C(O)C2O)C(O)C(O)C1O)OC1OC(CO)C(OC2OC(C)C(O)C(O)C2O)C(O)C1O. The highest BCUT2D eigenvalue weighted by atomic mass is 16.8. The Bertz CT molecular complexity index is 1530. The fraction of sp³-hybridized carbons (Fsp3) is 0.818. The lowest BCUT2D eigenvalue weighted by Crippen LogP contribution is -2.64. The molecule has 4 aliphatic heterocycles. The summed E-state index contributed by atoms with van der Waals surface area (Å²) in [5, 5.41) is 124. The molecular formula is C44H74O20. The van der Waals surface area contributed by atoms with Crippen molar-refractivity contribution in [1.29, 1.82) is 0 Å². The average Bonchev–Trinajstić information content (AvgIpc) is 3.26. The Morgan fingerprint density at radius 1 is 0.547 bits per heavy atom. The van der Waals surface area contributed by atoms with Crippen LogP contribution in [0.15, 0.2) is 47.6 Å². The zero-order chi connectivity index (χ0) is 47.6. The Kier molecular flexibility index (Phi) is 21.4. The minimum Gasteiger partial charge on any atom is -0.394 e. The predicted octanol–water partition coefficient (Wildman–Crippen LogP) is -1.55. The fourth-order valence-electron chi connectivity index (χ4n) is 7.78. The second-order valence-corrected chi connectivity index (χ2v) is 17.7. The molecule has 20 heteroatoms. The van der Waals surface area contributed by atoms with Crippen LogP contribution >= 0.6 is 0 Å². The van der Waals surface area contributed by atoms with E-state index >= 15 is 0 Å². The molecule has 0 aromatic rings. The molecule has 64 heavy (non-hydrogen) atoms. The van der Waals surface area contributed by atoms with E-state index in [-0.39, 0.29) is 13.2 Å². The highest BCUT2D eigenvalue weighted by molar-refractivity contribution is 5.07. The maximum Gasteiger partial charge on any atom is 0.187 e. The molecule has 0 amide bonds. The minimum atomic E-state index is -1.67. The predicted molar refractivity (Wildman–Crippen MR) is 225 cm³/mol. The summed E-state index contributed by atoms with van der Waals surface area (Å²) in [6.07, 6.45) is -16.0. The largest absolute Gasteiger partial charge is 0.394 e. The van der Waals surface area contributed by atoms with E-state index in [9.17, 15) is 61.3 Å². The minimum absolute atomic E-state index is 0.0720. The van der Waals surface area contributed by atoms with E-state index in [0.29, 0.717) is 12.8 Å². The lowest BCUT2D eigenvalue weighted by atomic mass is 9.95. The Hall–Kier alpha value is -1.84. The van der Waals surface area contributed by atoms with Crippen LogP contribution in [-0.2, 0) is 37.9 Å². The van der Waals surface area contributed by atoms with Crippen LogP contribution in [0.5, 0.6) is 0 Å². The molecule has 4 aliphatic rings. The highest BCUT2D eigenvalue weighted by Gasteiger charge is 2.51. The summed E-state index contributed by atoms with van der Waals surface area (Å²) in [6.45, 7) is 13.6. The summed E-state index contributed by atoms with van der Waals surface area (Å²) in [5.74, 6) is 0. The van der Waals surface area contributed by atoms with Crippen LogP contribution < -0.4 is 0 Å². The van der Waals surface area contributed by atoms with Gasteiger partial charge in [0, 0.05) is 0 Å². The first-order valence-corrected chi connectivity index (χ1v) is 22.0. The van der Waals surface area contributed by atoms with Crippen LogP contribution in [0.25, 0.3) is 0 Å². The Morgan fingerprint density at radius 3 is 1.58 bits per heavy atom. The summed E-state index contributed by atoms with van der Waals surface area (Å²) >= 11 is 0. The van der Waals surface area contributed by atoms with Gasteiger partial charge in [-0.15, -0.1) is 6.58 Å². The molecule has 0 saturated carbocycles. The summed E-state index contributed by atoms with van der Waals surface area (Å²) in [5.41, 5.74) is 2.19. The molecule has 0 aromatic heterocycles. The second-order valence-electron chi connectivity index (χ2n) is 17.7. The molecule has 4 saturated heterocycles. The molecule has 21 atom stereocenters. The van der Waals surface area contributed by atoms with Gasteiger partial charge < -0.3 is 99.2 Å². The van der Waals surface area contributed by atoms with Crippen molar-refractivity contribution < 1.29 is 99.2 Å². The first kappa shape index (κ1) is 54.8. The van der Waals surface area contributed by atoms with E-state index in [1.807, 2.05) is 26.8 Å². The van der Waals surface area contributed by atoms with Gasteiger partial charge in [0.15, 0.2) is 25.2 Å². The van der Waals surface area contributed by atoms with Crippen LogP contribution in [0, 0.1) is 0 Å². The monoisotopic (exact) mass is 922 g/mol. The third-order valence-corrected chi connectivity index (χ3v) is 12.3. The number of allylic oxidation sites excluding steroid dienone is 5. The number of rotatable bonds is 21. The standard InChI is InChI=1S/C44H74O20/c1-8-44(7,64-43-38(56)34(52)39(26(18-45)61-43)63-42-37(55)32(50)29(47)25(6)60-42)17-11-16-22(3)13-9-12-21(2)14-10-15-23(4)19-57-41-36(54)33(51)30(48)27(62-41)20-58-40-35(53)31(49)28(46)24(5)59-40/h8,12,15-16,24-43,45-56H,1,9-11,13-14,17-20H2,2-7H3. The molecule has 21 unspecified atom stereocenters.